The summed E-state index contributed by atoms with van der Waals surface area (Å²) in [5.41, 5.74) is 9.32. The number of phosphoric acid groups is 1. The molecule has 0 saturated heterocycles. The zero-order chi connectivity index (χ0) is 38.5. The number of hydrogen-bond acceptors (Lipinski definition) is 7. The van der Waals surface area contributed by atoms with Crippen molar-refractivity contribution in [2.45, 2.75) is 58.4 Å². The highest BCUT2D eigenvalue weighted by Crippen LogP contribution is 2.75. The lowest BCUT2D eigenvalue weighted by Gasteiger charge is -2.69. The summed E-state index contributed by atoms with van der Waals surface area (Å²) in [6, 6.07) is 10.3. The van der Waals surface area contributed by atoms with Crippen molar-refractivity contribution in [2.75, 3.05) is 40.6 Å². The van der Waals surface area contributed by atoms with Crippen molar-refractivity contribution < 1.29 is 38.1 Å². The number of nitrogens with zero attached hydrogens (tertiary/aromatic N) is 2. The molecule has 2 aliphatic heterocycles. The van der Waals surface area contributed by atoms with Crippen molar-refractivity contribution >= 4 is 81.8 Å². The highest BCUT2D eigenvalue weighted by Gasteiger charge is 2.76. The lowest BCUT2D eigenvalue weighted by atomic mass is 9.34. The molecule has 2 unspecified atom stereocenters. The topological polar surface area (TPSA) is 207 Å². The number of halogens is 1. The second kappa shape index (κ2) is 12.8. The average molecular weight is 777 g/mol. The van der Waals surface area contributed by atoms with E-state index in [-0.39, 0.29) is 41.8 Å². The van der Waals surface area contributed by atoms with Crippen molar-refractivity contribution in [2.24, 2.45) is 22.5 Å². The van der Waals surface area contributed by atoms with E-state index < -0.39 is 36.5 Å². The summed E-state index contributed by atoms with van der Waals surface area (Å²) in [6.07, 6.45) is 3.51. The molecule has 7 N–H and O–H groups in total. The molecule has 1 aromatic heterocycles. The molecule has 54 heavy (non-hydrogen) atoms. The Balaban J connectivity index is 1.02. The lowest BCUT2D eigenvalue weighted by molar-refractivity contribution is -0.204. The van der Waals surface area contributed by atoms with Crippen LogP contribution in [0.25, 0.3) is 21.7 Å². The molecule has 4 aromatic rings. The molecule has 4 amide bonds. The molecule has 3 aromatic carbocycles. The fourth-order valence-corrected chi connectivity index (χ4v) is 9.86. The van der Waals surface area contributed by atoms with Crippen LogP contribution in [0.3, 0.4) is 0 Å². The van der Waals surface area contributed by atoms with Crippen LogP contribution in [-0.2, 0) is 30.2 Å². The molecule has 284 valence electrons. The number of anilines is 3. The zero-order valence-electron chi connectivity index (χ0n) is 30.1. The Kier molecular flexibility index (Phi) is 8.66. The van der Waals surface area contributed by atoms with Crippen molar-refractivity contribution in [3.63, 3.8) is 0 Å². The minimum absolute atomic E-state index is 0.0548. The fourth-order valence-electron chi connectivity index (χ4n) is 9.21. The van der Waals surface area contributed by atoms with Gasteiger partial charge >= 0.3 is 7.82 Å². The molecule has 0 spiro atoms. The van der Waals surface area contributed by atoms with E-state index in [2.05, 4.69) is 15.6 Å². The van der Waals surface area contributed by atoms with Crippen LogP contribution in [0.1, 0.15) is 55.7 Å². The van der Waals surface area contributed by atoms with Gasteiger partial charge in [-0.15, -0.1) is 11.6 Å². The number of aromatic amines is 1. The predicted octanol–water partition coefficient (Wildman–Crippen LogP) is 4.57. The minimum Gasteiger partial charge on any atom is -0.402 e. The van der Waals surface area contributed by atoms with E-state index in [1.54, 1.807) is 16.0 Å². The third kappa shape index (κ3) is 5.69. The second-order valence-electron chi connectivity index (χ2n) is 15.7. The van der Waals surface area contributed by atoms with Gasteiger partial charge in [0.1, 0.15) is 0 Å². The Morgan fingerprint density at radius 1 is 1.06 bits per heavy atom. The quantitative estimate of drug-likeness (QED) is 0.0984. The Labute approximate surface area is 315 Å². The van der Waals surface area contributed by atoms with Gasteiger partial charge in [-0.3, -0.25) is 29.0 Å². The molecular weight excluding hydrogens is 735 g/mol. The SMILES string of the molecule is Cc1c[nH]c2c(OP(=O)(O)O)cc3c(c12)C(CCl)CN3C(=O)C12CC(C(=O)N3CCc4c3cc(NC(=O)CNC(=O)C(N)C(C)C)c3ccccc43)(C1)C2. The number of phosphoric ester groups is 1. The molecule has 2 atom stereocenters. The molecule has 5 aliphatic rings. The largest absolute Gasteiger partial charge is 0.524 e. The minimum atomic E-state index is -4.92. The van der Waals surface area contributed by atoms with Crippen molar-refractivity contribution in [1.82, 2.24) is 10.3 Å². The first kappa shape index (κ1) is 36.5. The number of H-pyrrole nitrogens is 1. The van der Waals surface area contributed by atoms with Crippen molar-refractivity contribution in [3.05, 3.63) is 59.3 Å². The Morgan fingerprint density at radius 2 is 1.72 bits per heavy atom. The number of carbonyl (C=O) groups is 4. The number of alkyl halides is 1. The molecule has 3 heterocycles. The maximum atomic E-state index is 14.4. The van der Waals surface area contributed by atoms with Crippen LogP contribution in [0.5, 0.6) is 5.75 Å². The second-order valence-corrected chi connectivity index (χ2v) is 17.2. The number of hydrogen-bond donors (Lipinski definition) is 6. The van der Waals surface area contributed by atoms with E-state index in [1.165, 1.54) is 6.07 Å². The molecule has 9 rings (SSSR count). The monoisotopic (exact) mass is 776 g/mol. The van der Waals surface area contributed by atoms with E-state index in [0.29, 0.717) is 61.4 Å². The molecule has 3 saturated carbocycles. The smallest absolute Gasteiger partial charge is 0.402 e. The van der Waals surface area contributed by atoms with Gasteiger partial charge in [-0.1, -0.05) is 38.1 Å². The van der Waals surface area contributed by atoms with Gasteiger partial charge in [0.15, 0.2) is 5.75 Å². The lowest BCUT2D eigenvalue weighted by Crippen LogP contribution is -2.72. The van der Waals surface area contributed by atoms with Gasteiger partial charge in [0.05, 0.1) is 40.3 Å². The zero-order valence-corrected chi connectivity index (χ0v) is 31.7. The summed E-state index contributed by atoms with van der Waals surface area (Å²) >= 11 is 6.45. The summed E-state index contributed by atoms with van der Waals surface area (Å²) in [6.45, 7) is 6.03. The number of nitrogens with two attached hydrogens (primary N) is 1. The van der Waals surface area contributed by atoms with Gasteiger partial charge in [0.25, 0.3) is 0 Å². The maximum Gasteiger partial charge on any atom is 0.524 e. The number of rotatable bonds is 10. The maximum absolute atomic E-state index is 14.4. The van der Waals surface area contributed by atoms with Crippen molar-refractivity contribution in [3.8, 4) is 5.75 Å². The number of aromatic nitrogens is 1. The number of amides is 4. The number of fused-ring (bicyclic) bond motifs is 6. The third-order valence-electron chi connectivity index (χ3n) is 11.8. The van der Waals surface area contributed by atoms with E-state index in [4.69, 9.17) is 21.9 Å². The molecule has 3 fully saturated rings. The molecule has 16 heteroatoms. The third-order valence-corrected chi connectivity index (χ3v) is 12.6. The highest BCUT2D eigenvalue weighted by molar-refractivity contribution is 7.46. The summed E-state index contributed by atoms with van der Waals surface area (Å²) in [7, 11) is -4.92. The van der Waals surface area contributed by atoms with Crippen LogP contribution >= 0.6 is 19.4 Å². The first-order valence-electron chi connectivity index (χ1n) is 18.0. The van der Waals surface area contributed by atoms with Gasteiger partial charge in [0, 0.05) is 53.6 Å². The number of benzene rings is 3. The van der Waals surface area contributed by atoms with Gasteiger partial charge in [-0.25, -0.2) is 4.57 Å². The van der Waals surface area contributed by atoms with Crippen LogP contribution in [-0.4, -0.2) is 70.0 Å². The molecular formula is C38H42ClN6O8P. The van der Waals surface area contributed by atoms with Gasteiger partial charge in [0.2, 0.25) is 23.6 Å². The Bertz CT molecular complexity index is 2320. The average Bonchev–Trinajstić information content (AvgIpc) is 3.80. The normalized spacial score (nSPS) is 23.1. The fraction of sp³-hybridized carbons (Fsp3) is 0.421. The Hall–Kier alpha value is -4.46. The van der Waals surface area contributed by atoms with E-state index in [1.807, 2.05) is 51.1 Å². The van der Waals surface area contributed by atoms with E-state index >= 15 is 0 Å². The first-order chi connectivity index (χ1) is 25.6. The van der Waals surface area contributed by atoms with Crippen LogP contribution in [0, 0.1) is 23.7 Å². The first-order valence-corrected chi connectivity index (χ1v) is 20.1. The van der Waals surface area contributed by atoms with E-state index in [0.717, 1.165) is 32.8 Å². The van der Waals surface area contributed by atoms with Crippen LogP contribution < -0.4 is 30.7 Å². The highest BCUT2D eigenvalue weighted by atomic mass is 35.5. The van der Waals surface area contributed by atoms with Crippen molar-refractivity contribution in [1.29, 1.82) is 0 Å². The molecule has 3 aliphatic carbocycles. The summed E-state index contributed by atoms with van der Waals surface area (Å²) in [4.78, 5) is 79.9. The van der Waals surface area contributed by atoms with E-state index in [9.17, 15) is 33.5 Å². The standard InChI is InChI=1S/C38H42ClN6O8P/c1-19(2)32(40)34(47)42-14-29(46)43-25-10-26-24(22-6-4-5-7-23(22)25)8-9-44(26)35(48)37-16-38(17-37,18-37)36(49)45-15-21(12-39)31-27(45)11-28(53-54(50,51)52)33-30(31)20(3)13-41-33/h4-7,10-11,13,19,21,32,41H,8-9,12,14-18,40H2,1-3H3,(H,42,47)(H,43,46)(H2,50,51,52). The van der Waals surface area contributed by atoms with Crippen LogP contribution in [0.2, 0.25) is 0 Å². The molecule has 14 nitrogen and oxygen atoms in total. The molecule has 0 radical (unpaired) electrons. The summed E-state index contributed by atoms with van der Waals surface area (Å²) < 4.78 is 17.0. The summed E-state index contributed by atoms with van der Waals surface area (Å²) in [5.74, 6) is -1.15. The number of nitrogens with one attached hydrogen (secondary N) is 3. The van der Waals surface area contributed by atoms with Crippen LogP contribution in [0.15, 0.2) is 42.6 Å². The molecule has 2 bridgehead atoms. The van der Waals surface area contributed by atoms with Gasteiger partial charge in [-0.05, 0) is 66.7 Å². The number of carbonyl (C=O) groups excluding carboxylic acids is 4. The predicted molar refractivity (Wildman–Crippen MR) is 205 cm³/mol. The summed E-state index contributed by atoms with van der Waals surface area (Å²) in [5, 5.41) is 7.99. The Morgan fingerprint density at radius 3 is 2.37 bits per heavy atom. The number of aryl methyl sites for hydroxylation is 1. The van der Waals surface area contributed by atoms with Gasteiger partial charge in [-0.2, -0.15) is 0 Å². The van der Waals surface area contributed by atoms with Gasteiger partial charge < -0.3 is 35.7 Å². The van der Waals surface area contributed by atoms with Crippen LogP contribution in [0.4, 0.5) is 17.1 Å².